The van der Waals surface area contributed by atoms with Crippen LogP contribution in [0.25, 0.3) is 0 Å². The molecule has 1 N–H and O–H groups in total. The first-order valence-electron chi connectivity index (χ1n) is 5.02. The normalized spacial score (nSPS) is 14.8. The van der Waals surface area contributed by atoms with Crippen molar-refractivity contribution in [2.75, 3.05) is 20.1 Å². The number of carbonyl (C=O) groups is 1. The van der Waals surface area contributed by atoms with Crippen molar-refractivity contribution >= 4 is 34.2 Å². The highest BCUT2D eigenvalue weighted by Crippen LogP contribution is 2.20. The second kappa shape index (κ2) is 5.80. The van der Waals surface area contributed by atoms with E-state index in [1.54, 1.807) is 18.0 Å². The van der Waals surface area contributed by atoms with Gasteiger partial charge in [0.25, 0.3) is 5.91 Å². The zero-order chi connectivity index (χ0) is 11.7. The van der Waals surface area contributed by atoms with Crippen LogP contribution < -0.4 is 5.32 Å². The lowest BCUT2D eigenvalue weighted by Gasteiger charge is -2.35. The minimum atomic E-state index is -0.397. The fourth-order valence-electron chi connectivity index (χ4n) is 1.56. The van der Waals surface area contributed by atoms with Gasteiger partial charge in [0.1, 0.15) is 5.82 Å². The summed E-state index contributed by atoms with van der Waals surface area (Å²) in [5.74, 6) is -0.551. The third kappa shape index (κ3) is 2.97. The molecule has 1 saturated heterocycles. The number of benzene rings is 1. The van der Waals surface area contributed by atoms with Gasteiger partial charge in [-0.1, -0.05) is 0 Å². The molecule has 0 bridgehead atoms. The largest absolute Gasteiger partial charge is 0.336 e. The number of rotatable bonds is 2. The van der Waals surface area contributed by atoms with Crippen LogP contribution in [0.5, 0.6) is 0 Å². The van der Waals surface area contributed by atoms with Crippen LogP contribution in [-0.2, 0) is 0 Å². The second-order valence-corrected chi connectivity index (χ2v) is 4.71. The number of likely N-dealkylation sites (N-methyl/N-ethyl adjacent to an activating group) is 1. The molecule has 1 aliphatic heterocycles. The molecule has 0 unspecified atom stereocenters. The van der Waals surface area contributed by atoms with Crippen molar-refractivity contribution in [2.24, 2.45) is 0 Å². The average molecular weight is 324 g/mol. The Kier molecular flexibility index (Phi) is 4.91. The first-order chi connectivity index (χ1) is 7.59. The maximum Gasteiger partial charge on any atom is 0.255 e. The Morgan fingerprint density at radius 3 is 2.71 bits per heavy atom. The van der Waals surface area contributed by atoms with Crippen LogP contribution in [0.1, 0.15) is 10.4 Å². The molecule has 1 aliphatic rings. The average Bonchev–Trinajstić information content (AvgIpc) is 2.18. The summed E-state index contributed by atoms with van der Waals surface area (Å²) in [6.45, 7) is 1.60. The number of halogens is 3. The number of nitrogens with one attached hydrogen (secondary N) is 1. The molecule has 94 valence electrons. The van der Waals surface area contributed by atoms with Gasteiger partial charge in [-0.15, -0.1) is 12.4 Å². The summed E-state index contributed by atoms with van der Waals surface area (Å²) < 4.78 is 13.7. The van der Waals surface area contributed by atoms with Gasteiger partial charge in [0.2, 0.25) is 0 Å². The maximum atomic E-state index is 13.1. The quantitative estimate of drug-likeness (QED) is 0.903. The third-order valence-corrected chi connectivity index (χ3v) is 3.48. The number of amides is 1. The van der Waals surface area contributed by atoms with E-state index in [9.17, 15) is 9.18 Å². The summed E-state index contributed by atoms with van der Waals surface area (Å²) in [6, 6.07) is 4.35. The van der Waals surface area contributed by atoms with Crippen molar-refractivity contribution in [2.45, 2.75) is 6.04 Å². The SMILES string of the molecule is CN(C(=O)c1cc(F)ccc1Br)C1CNC1.Cl. The van der Waals surface area contributed by atoms with Crippen molar-refractivity contribution in [3.63, 3.8) is 0 Å². The van der Waals surface area contributed by atoms with Crippen LogP contribution in [0.2, 0.25) is 0 Å². The molecular formula is C11H13BrClFN2O. The molecular weight excluding hydrogens is 310 g/mol. The molecule has 0 spiro atoms. The Bertz CT molecular complexity index is 426. The molecule has 0 aromatic heterocycles. The summed E-state index contributed by atoms with van der Waals surface area (Å²) in [6.07, 6.45) is 0. The fraction of sp³-hybridized carbons (Fsp3) is 0.364. The van der Waals surface area contributed by atoms with E-state index in [4.69, 9.17) is 0 Å². The van der Waals surface area contributed by atoms with E-state index < -0.39 is 5.82 Å². The molecule has 1 fully saturated rings. The monoisotopic (exact) mass is 322 g/mol. The summed E-state index contributed by atoms with van der Waals surface area (Å²) in [7, 11) is 1.74. The molecule has 0 saturated carbocycles. The van der Waals surface area contributed by atoms with Gasteiger partial charge in [-0.2, -0.15) is 0 Å². The number of nitrogens with zero attached hydrogens (tertiary/aromatic N) is 1. The predicted octanol–water partition coefficient (Wildman–Crippen LogP) is 2.05. The van der Waals surface area contributed by atoms with Crippen LogP contribution >= 0.6 is 28.3 Å². The lowest BCUT2D eigenvalue weighted by Crippen LogP contribution is -2.57. The highest BCUT2D eigenvalue weighted by molar-refractivity contribution is 9.10. The van der Waals surface area contributed by atoms with Crippen molar-refractivity contribution < 1.29 is 9.18 Å². The molecule has 6 heteroatoms. The first-order valence-corrected chi connectivity index (χ1v) is 5.82. The zero-order valence-corrected chi connectivity index (χ0v) is 11.6. The van der Waals surface area contributed by atoms with Crippen LogP contribution in [0, 0.1) is 5.82 Å². The lowest BCUT2D eigenvalue weighted by atomic mass is 10.1. The van der Waals surface area contributed by atoms with E-state index in [0.29, 0.717) is 10.0 Å². The maximum absolute atomic E-state index is 13.1. The molecule has 17 heavy (non-hydrogen) atoms. The molecule has 2 rings (SSSR count). The molecule has 1 aromatic carbocycles. The zero-order valence-electron chi connectivity index (χ0n) is 9.24. The van der Waals surface area contributed by atoms with Crippen LogP contribution in [-0.4, -0.2) is 37.0 Å². The van der Waals surface area contributed by atoms with Crippen molar-refractivity contribution in [3.05, 3.63) is 34.1 Å². The molecule has 0 radical (unpaired) electrons. The number of hydrogen-bond donors (Lipinski definition) is 1. The van der Waals surface area contributed by atoms with Crippen molar-refractivity contribution in [1.82, 2.24) is 10.2 Å². The molecule has 1 heterocycles. The summed E-state index contributed by atoms with van der Waals surface area (Å²) in [5.41, 5.74) is 0.370. The van der Waals surface area contributed by atoms with Crippen LogP contribution in [0.15, 0.2) is 22.7 Å². The fourth-order valence-corrected chi connectivity index (χ4v) is 1.98. The van der Waals surface area contributed by atoms with E-state index in [1.165, 1.54) is 12.1 Å². The Morgan fingerprint density at radius 2 is 2.18 bits per heavy atom. The smallest absolute Gasteiger partial charge is 0.255 e. The molecule has 0 atom stereocenters. The van der Waals surface area contributed by atoms with Gasteiger partial charge in [-0.3, -0.25) is 4.79 Å². The van der Waals surface area contributed by atoms with Crippen molar-refractivity contribution in [3.8, 4) is 0 Å². The Balaban J connectivity index is 0.00000144. The van der Waals surface area contributed by atoms with E-state index in [1.807, 2.05) is 0 Å². The second-order valence-electron chi connectivity index (χ2n) is 3.85. The Morgan fingerprint density at radius 1 is 1.53 bits per heavy atom. The summed E-state index contributed by atoms with van der Waals surface area (Å²) >= 11 is 3.26. The minimum Gasteiger partial charge on any atom is -0.336 e. The molecule has 1 aromatic rings. The summed E-state index contributed by atoms with van der Waals surface area (Å²) in [4.78, 5) is 13.7. The van der Waals surface area contributed by atoms with Gasteiger partial charge in [0.15, 0.2) is 0 Å². The molecule has 3 nitrogen and oxygen atoms in total. The number of carbonyl (C=O) groups excluding carboxylic acids is 1. The van der Waals surface area contributed by atoms with Gasteiger partial charge in [-0.05, 0) is 34.1 Å². The predicted molar refractivity (Wildman–Crippen MR) is 70.1 cm³/mol. The van der Waals surface area contributed by atoms with Crippen LogP contribution in [0.3, 0.4) is 0 Å². The Hall–Kier alpha value is -0.650. The summed E-state index contributed by atoms with van der Waals surface area (Å²) in [5, 5.41) is 3.09. The standard InChI is InChI=1S/C11H12BrFN2O.ClH/c1-15(8-5-14-6-8)11(16)9-4-7(13)2-3-10(9)12;/h2-4,8,14H,5-6H2,1H3;1H. The van der Waals surface area contributed by atoms with Crippen LogP contribution in [0.4, 0.5) is 4.39 Å². The van der Waals surface area contributed by atoms with Gasteiger partial charge < -0.3 is 10.2 Å². The van der Waals surface area contributed by atoms with Gasteiger partial charge >= 0.3 is 0 Å². The Labute approximate surface area is 114 Å². The van der Waals surface area contributed by atoms with E-state index in [-0.39, 0.29) is 24.4 Å². The van der Waals surface area contributed by atoms with Gasteiger partial charge in [0.05, 0.1) is 11.6 Å². The third-order valence-electron chi connectivity index (χ3n) is 2.79. The van der Waals surface area contributed by atoms with E-state index in [0.717, 1.165) is 13.1 Å². The van der Waals surface area contributed by atoms with E-state index in [2.05, 4.69) is 21.2 Å². The highest BCUT2D eigenvalue weighted by atomic mass is 79.9. The van der Waals surface area contributed by atoms with Gasteiger partial charge in [-0.25, -0.2) is 4.39 Å². The first kappa shape index (κ1) is 14.4. The van der Waals surface area contributed by atoms with E-state index >= 15 is 0 Å². The number of hydrogen-bond acceptors (Lipinski definition) is 2. The minimum absolute atomic E-state index is 0. The van der Waals surface area contributed by atoms with Crippen molar-refractivity contribution in [1.29, 1.82) is 0 Å². The molecule has 1 amide bonds. The topological polar surface area (TPSA) is 32.3 Å². The van der Waals surface area contributed by atoms with Gasteiger partial charge in [0, 0.05) is 24.6 Å². The lowest BCUT2D eigenvalue weighted by molar-refractivity contribution is 0.0680. The highest BCUT2D eigenvalue weighted by Gasteiger charge is 2.27. The molecule has 0 aliphatic carbocycles.